The van der Waals surface area contributed by atoms with E-state index in [1.807, 2.05) is 0 Å². The lowest BCUT2D eigenvalue weighted by atomic mass is 10.1. The Balaban J connectivity index is 3.21. The minimum absolute atomic E-state index is 0.288. The molecule has 18 heavy (non-hydrogen) atoms. The Hall–Kier alpha value is -1.73. The molecule has 0 atom stereocenters. The summed E-state index contributed by atoms with van der Waals surface area (Å²) in [6.07, 6.45) is -8.04. The van der Waals surface area contributed by atoms with Crippen molar-refractivity contribution in [3.05, 3.63) is 29.1 Å². The van der Waals surface area contributed by atoms with Gasteiger partial charge in [0.25, 0.3) is 6.43 Å². The van der Waals surface area contributed by atoms with Gasteiger partial charge in [-0.3, -0.25) is 9.78 Å². The maximum Gasteiger partial charge on any atom is 0.418 e. The highest BCUT2D eigenvalue weighted by Crippen LogP contribution is 2.33. The number of carbonyl (C=O) groups is 1. The summed E-state index contributed by atoms with van der Waals surface area (Å²) in [6.45, 7) is 0. The van der Waals surface area contributed by atoms with Gasteiger partial charge in [0, 0.05) is 11.8 Å². The van der Waals surface area contributed by atoms with Gasteiger partial charge in [-0.25, -0.2) is 8.78 Å². The lowest BCUT2D eigenvalue weighted by molar-refractivity contribution is -0.141. The molecule has 0 radical (unpaired) electrons. The van der Waals surface area contributed by atoms with Crippen LogP contribution in [-0.4, -0.2) is 18.1 Å². The van der Waals surface area contributed by atoms with Gasteiger partial charge in [-0.05, 0) is 6.07 Å². The summed E-state index contributed by atoms with van der Waals surface area (Å²) in [6, 6.07) is 0.288. The summed E-state index contributed by atoms with van der Waals surface area (Å²) in [5, 5.41) is 0. The molecule has 0 fully saturated rings. The number of hydrogen-bond acceptors (Lipinski definition) is 3. The molecule has 1 rings (SSSR count). The monoisotopic (exact) mass is 269 g/mol. The number of halogens is 5. The van der Waals surface area contributed by atoms with Crippen molar-refractivity contribution in [2.24, 2.45) is 0 Å². The van der Waals surface area contributed by atoms with Crippen LogP contribution in [0.15, 0.2) is 12.3 Å². The number of ether oxygens (including phenoxy) is 1. The Morgan fingerprint density at radius 2 is 2.06 bits per heavy atom. The normalized spacial score (nSPS) is 11.7. The molecular weight excluding hydrogens is 261 g/mol. The van der Waals surface area contributed by atoms with E-state index >= 15 is 0 Å². The maximum atomic E-state index is 12.6. The second-order valence-corrected chi connectivity index (χ2v) is 3.31. The van der Waals surface area contributed by atoms with Crippen LogP contribution in [0.2, 0.25) is 0 Å². The van der Waals surface area contributed by atoms with Gasteiger partial charge in [-0.15, -0.1) is 0 Å². The predicted octanol–water partition coefficient (Wildman–Crippen LogP) is 2.75. The highest BCUT2D eigenvalue weighted by molar-refractivity contribution is 5.72. The Bertz CT molecular complexity index is 444. The molecule has 0 saturated heterocycles. The van der Waals surface area contributed by atoms with Gasteiger partial charge in [0.2, 0.25) is 0 Å². The molecule has 0 aliphatic rings. The van der Waals surface area contributed by atoms with E-state index in [9.17, 15) is 26.7 Å². The molecule has 0 unspecified atom stereocenters. The minimum Gasteiger partial charge on any atom is -0.469 e. The molecule has 8 heteroatoms. The highest BCUT2D eigenvalue weighted by Gasteiger charge is 2.35. The number of rotatable bonds is 3. The van der Waals surface area contributed by atoms with Crippen molar-refractivity contribution in [2.75, 3.05) is 7.11 Å². The first-order valence-corrected chi connectivity index (χ1v) is 4.66. The summed E-state index contributed by atoms with van der Waals surface area (Å²) in [7, 11) is 1.00. The van der Waals surface area contributed by atoms with E-state index in [1.54, 1.807) is 0 Å². The van der Waals surface area contributed by atoms with Crippen molar-refractivity contribution in [2.45, 2.75) is 19.0 Å². The maximum absolute atomic E-state index is 12.6. The zero-order chi connectivity index (χ0) is 13.9. The van der Waals surface area contributed by atoms with Gasteiger partial charge >= 0.3 is 12.1 Å². The fourth-order valence-electron chi connectivity index (χ4n) is 1.22. The molecule has 100 valence electrons. The van der Waals surface area contributed by atoms with E-state index in [0.717, 1.165) is 7.11 Å². The number of carbonyl (C=O) groups excluding carboxylic acids is 1. The number of hydrogen-bond donors (Lipinski definition) is 0. The predicted molar refractivity (Wildman–Crippen MR) is 49.9 cm³/mol. The summed E-state index contributed by atoms with van der Waals surface area (Å²) in [5.41, 5.74) is -2.85. The second kappa shape index (κ2) is 5.28. The van der Waals surface area contributed by atoms with Crippen molar-refractivity contribution in [1.29, 1.82) is 0 Å². The highest BCUT2D eigenvalue weighted by atomic mass is 19.4. The van der Waals surface area contributed by atoms with Crippen molar-refractivity contribution in [1.82, 2.24) is 4.98 Å². The van der Waals surface area contributed by atoms with Crippen molar-refractivity contribution in [3.63, 3.8) is 0 Å². The topological polar surface area (TPSA) is 39.2 Å². The molecule has 0 aliphatic carbocycles. The molecule has 0 saturated carbocycles. The lowest BCUT2D eigenvalue weighted by Crippen LogP contribution is -2.15. The molecule has 3 nitrogen and oxygen atoms in total. The Labute approximate surface area is 98.6 Å². The van der Waals surface area contributed by atoms with Crippen LogP contribution >= 0.6 is 0 Å². The van der Waals surface area contributed by atoms with Crippen molar-refractivity contribution < 1.29 is 31.5 Å². The summed E-state index contributed by atoms with van der Waals surface area (Å²) >= 11 is 0. The van der Waals surface area contributed by atoms with Crippen LogP contribution in [0.4, 0.5) is 22.0 Å². The molecular formula is C10H8F5NO2. The zero-order valence-electron chi connectivity index (χ0n) is 9.09. The summed E-state index contributed by atoms with van der Waals surface area (Å²) in [4.78, 5) is 14.2. The van der Waals surface area contributed by atoms with Crippen LogP contribution in [0.1, 0.15) is 23.2 Å². The smallest absolute Gasteiger partial charge is 0.418 e. The number of nitrogens with zero attached hydrogens (tertiary/aromatic N) is 1. The summed E-state index contributed by atoms with van der Waals surface area (Å²) < 4.78 is 66.6. The van der Waals surface area contributed by atoms with E-state index in [0.29, 0.717) is 6.20 Å². The Morgan fingerprint density at radius 1 is 1.44 bits per heavy atom. The minimum atomic E-state index is -4.86. The van der Waals surface area contributed by atoms with Crippen LogP contribution in [0, 0.1) is 0 Å². The fraction of sp³-hybridized carbons (Fsp3) is 0.400. The third-order valence-electron chi connectivity index (χ3n) is 2.09. The lowest BCUT2D eigenvalue weighted by Gasteiger charge is -2.12. The van der Waals surface area contributed by atoms with Gasteiger partial charge in [0.15, 0.2) is 0 Å². The van der Waals surface area contributed by atoms with Gasteiger partial charge in [0.1, 0.15) is 0 Å². The molecule has 0 bridgehead atoms. The molecule has 1 heterocycles. The van der Waals surface area contributed by atoms with Gasteiger partial charge in [-0.1, -0.05) is 0 Å². The van der Waals surface area contributed by atoms with Crippen LogP contribution in [0.3, 0.4) is 0 Å². The van der Waals surface area contributed by atoms with E-state index in [1.165, 1.54) is 0 Å². The molecule has 0 N–H and O–H groups in total. The first-order valence-electron chi connectivity index (χ1n) is 4.66. The van der Waals surface area contributed by atoms with E-state index in [2.05, 4.69) is 9.72 Å². The molecule has 0 aromatic carbocycles. The van der Waals surface area contributed by atoms with Crippen LogP contribution in [-0.2, 0) is 22.1 Å². The van der Waals surface area contributed by atoms with Gasteiger partial charge in [-0.2, -0.15) is 13.2 Å². The van der Waals surface area contributed by atoms with Gasteiger partial charge in [0.05, 0.1) is 24.8 Å². The first-order chi connectivity index (χ1) is 8.25. The van der Waals surface area contributed by atoms with Crippen molar-refractivity contribution in [3.8, 4) is 0 Å². The standard InChI is InChI=1S/C10H8F5NO2/c1-18-8(17)3-7-6(10(13,14)15)2-5(4-16-7)9(11)12/h2,4,9H,3H2,1H3. The SMILES string of the molecule is COC(=O)Cc1ncc(C(F)F)cc1C(F)(F)F. The first kappa shape index (κ1) is 14.3. The third kappa shape index (κ3) is 3.38. The van der Waals surface area contributed by atoms with Crippen LogP contribution in [0.5, 0.6) is 0 Å². The number of aromatic nitrogens is 1. The van der Waals surface area contributed by atoms with E-state index < -0.39 is 41.8 Å². The number of pyridine rings is 1. The van der Waals surface area contributed by atoms with E-state index in [-0.39, 0.29) is 6.07 Å². The van der Waals surface area contributed by atoms with Gasteiger partial charge < -0.3 is 4.74 Å². The van der Waals surface area contributed by atoms with Crippen LogP contribution in [0.25, 0.3) is 0 Å². The Kier molecular flexibility index (Phi) is 4.20. The third-order valence-corrected chi connectivity index (χ3v) is 2.09. The quantitative estimate of drug-likeness (QED) is 0.625. The molecule has 1 aromatic heterocycles. The average molecular weight is 269 g/mol. The number of methoxy groups -OCH3 is 1. The molecule has 0 aliphatic heterocycles. The largest absolute Gasteiger partial charge is 0.469 e. The molecule has 0 amide bonds. The Morgan fingerprint density at radius 3 is 2.50 bits per heavy atom. The molecule has 1 aromatic rings. The number of esters is 1. The second-order valence-electron chi connectivity index (χ2n) is 3.31. The van der Waals surface area contributed by atoms with E-state index in [4.69, 9.17) is 0 Å². The fourth-order valence-corrected chi connectivity index (χ4v) is 1.22. The van der Waals surface area contributed by atoms with Crippen LogP contribution < -0.4 is 0 Å². The van der Waals surface area contributed by atoms with Crippen molar-refractivity contribution >= 4 is 5.97 Å². The zero-order valence-corrected chi connectivity index (χ0v) is 9.09. The average Bonchev–Trinajstić information content (AvgIpc) is 2.27. The summed E-state index contributed by atoms with van der Waals surface area (Å²) in [5.74, 6) is -0.933. The molecule has 0 spiro atoms. The number of alkyl halides is 5.